The summed E-state index contributed by atoms with van der Waals surface area (Å²) < 4.78 is 35.5. The number of ether oxygens (including phenoxy) is 1. The molecule has 1 atom stereocenters. The topological polar surface area (TPSA) is 115 Å². The molecule has 2 heterocycles. The van der Waals surface area contributed by atoms with E-state index in [1.165, 1.54) is 28.3 Å². The molecule has 0 spiro atoms. The molecule has 9 nitrogen and oxygen atoms in total. The van der Waals surface area contributed by atoms with Gasteiger partial charge in [0.2, 0.25) is 15.9 Å². The number of benzene rings is 1. The lowest BCUT2D eigenvalue weighted by molar-refractivity contribution is -0.137. The first-order chi connectivity index (χ1) is 16.1. The minimum absolute atomic E-state index is 0.0246. The predicted molar refractivity (Wildman–Crippen MR) is 129 cm³/mol. The Bertz CT molecular complexity index is 1340. The number of aromatic nitrogens is 3. The molecule has 0 saturated heterocycles. The standard InChI is InChI=1S/C21H19BrCl2N4O5S/c1-27(18-3-2-4-19-16(18)10-26-28(19)11-20(29)30)34(31,32)15-8-17(22)21(25-9-15)33-14-6-12(23)5-13(24)7-14/h5-10,18H,2-4,11H2,1H3,(H,29,30)/t18-/m1/s1. The van der Waals surface area contributed by atoms with Crippen LogP contribution in [0, 0.1) is 0 Å². The molecule has 0 saturated carbocycles. The maximum absolute atomic E-state index is 13.4. The molecule has 0 radical (unpaired) electrons. The zero-order chi connectivity index (χ0) is 24.6. The number of sulfonamides is 1. The normalized spacial score (nSPS) is 15.9. The summed E-state index contributed by atoms with van der Waals surface area (Å²) in [5.41, 5.74) is 1.45. The number of fused-ring (bicyclic) bond motifs is 1. The number of nitrogens with zero attached hydrogens (tertiary/aromatic N) is 4. The molecule has 0 unspecified atom stereocenters. The Labute approximate surface area is 214 Å². The largest absolute Gasteiger partial charge is 0.480 e. The molecular weight excluding hydrogens is 571 g/mol. The zero-order valence-corrected chi connectivity index (χ0v) is 21.7. The third-order valence-corrected chi connectivity index (χ3v) is 8.30. The van der Waals surface area contributed by atoms with Crippen LogP contribution in [0.1, 0.15) is 30.1 Å². The van der Waals surface area contributed by atoms with Crippen LogP contribution in [0.5, 0.6) is 11.6 Å². The van der Waals surface area contributed by atoms with Crippen LogP contribution in [-0.2, 0) is 27.8 Å². The Morgan fingerprint density at radius 1 is 1.26 bits per heavy atom. The monoisotopic (exact) mass is 588 g/mol. The summed E-state index contributed by atoms with van der Waals surface area (Å²) in [5, 5.41) is 14.0. The van der Waals surface area contributed by atoms with Crippen molar-refractivity contribution >= 4 is 55.1 Å². The fourth-order valence-corrected chi connectivity index (χ4v) is 6.32. The number of halogens is 3. The molecule has 1 aromatic carbocycles. The molecule has 2 aromatic heterocycles. The molecule has 34 heavy (non-hydrogen) atoms. The molecule has 0 bridgehead atoms. The number of carboxylic acids is 1. The van der Waals surface area contributed by atoms with Crippen LogP contribution < -0.4 is 4.74 Å². The average molecular weight is 590 g/mol. The summed E-state index contributed by atoms with van der Waals surface area (Å²) >= 11 is 15.3. The third kappa shape index (κ3) is 5.08. The van der Waals surface area contributed by atoms with Crippen LogP contribution >= 0.6 is 39.1 Å². The molecule has 0 aliphatic heterocycles. The van der Waals surface area contributed by atoms with Crippen molar-refractivity contribution in [1.29, 1.82) is 0 Å². The molecule has 13 heteroatoms. The minimum atomic E-state index is -3.93. The molecular formula is C21H19BrCl2N4O5S. The Kier molecular flexibility index (Phi) is 7.20. The Balaban J connectivity index is 1.59. The highest BCUT2D eigenvalue weighted by molar-refractivity contribution is 9.10. The summed E-state index contributed by atoms with van der Waals surface area (Å²) in [7, 11) is -2.44. The molecule has 1 aliphatic rings. The average Bonchev–Trinajstić information content (AvgIpc) is 3.16. The van der Waals surface area contributed by atoms with Gasteiger partial charge in [0, 0.05) is 28.4 Å². The summed E-state index contributed by atoms with van der Waals surface area (Å²) in [5.74, 6) is -0.506. The number of rotatable bonds is 7. The van der Waals surface area contributed by atoms with Crippen molar-refractivity contribution in [2.24, 2.45) is 0 Å². The van der Waals surface area contributed by atoms with Gasteiger partial charge in [0.05, 0.1) is 22.9 Å². The smallest absolute Gasteiger partial charge is 0.325 e. The zero-order valence-electron chi connectivity index (χ0n) is 17.8. The van der Waals surface area contributed by atoms with Gasteiger partial charge in [-0.3, -0.25) is 9.48 Å². The lowest BCUT2D eigenvalue weighted by Crippen LogP contribution is -2.33. The van der Waals surface area contributed by atoms with Crippen LogP contribution in [0.15, 0.2) is 46.0 Å². The quantitative estimate of drug-likeness (QED) is 0.416. The number of aliphatic carboxylic acids is 1. The van der Waals surface area contributed by atoms with E-state index in [4.69, 9.17) is 33.0 Å². The van der Waals surface area contributed by atoms with Crippen molar-refractivity contribution in [1.82, 2.24) is 19.1 Å². The molecule has 180 valence electrons. The highest BCUT2D eigenvalue weighted by Gasteiger charge is 2.34. The lowest BCUT2D eigenvalue weighted by Gasteiger charge is -2.30. The van der Waals surface area contributed by atoms with Gasteiger partial charge in [-0.1, -0.05) is 23.2 Å². The van der Waals surface area contributed by atoms with Gasteiger partial charge in [0.25, 0.3) is 0 Å². The third-order valence-electron chi connectivity index (χ3n) is 5.46. The van der Waals surface area contributed by atoms with E-state index in [2.05, 4.69) is 26.0 Å². The van der Waals surface area contributed by atoms with Crippen LogP contribution in [0.4, 0.5) is 0 Å². The van der Waals surface area contributed by atoms with E-state index in [0.717, 1.165) is 5.69 Å². The van der Waals surface area contributed by atoms with Crippen molar-refractivity contribution in [3.8, 4) is 11.6 Å². The SMILES string of the molecule is CN([C@@H]1CCCc2c1cnn2CC(=O)O)S(=O)(=O)c1cnc(Oc2cc(Cl)cc(Cl)c2)c(Br)c1. The van der Waals surface area contributed by atoms with E-state index in [9.17, 15) is 13.2 Å². The second-order valence-electron chi connectivity index (χ2n) is 7.69. The van der Waals surface area contributed by atoms with Crippen LogP contribution in [0.3, 0.4) is 0 Å². The highest BCUT2D eigenvalue weighted by Crippen LogP contribution is 2.38. The van der Waals surface area contributed by atoms with Gasteiger partial charge in [-0.15, -0.1) is 0 Å². The van der Waals surface area contributed by atoms with Gasteiger partial charge in [-0.2, -0.15) is 9.40 Å². The molecule has 0 amide bonds. The second-order valence-corrected chi connectivity index (χ2v) is 11.4. The number of pyridine rings is 1. The van der Waals surface area contributed by atoms with Gasteiger partial charge in [-0.25, -0.2) is 13.4 Å². The second kappa shape index (κ2) is 9.82. The number of carboxylic acid groups (broad SMARTS) is 1. The number of hydrogen-bond donors (Lipinski definition) is 1. The van der Waals surface area contributed by atoms with E-state index < -0.39 is 22.0 Å². The van der Waals surface area contributed by atoms with Gasteiger partial charge >= 0.3 is 5.97 Å². The van der Waals surface area contributed by atoms with E-state index >= 15 is 0 Å². The van der Waals surface area contributed by atoms with Gasteiger partial charge in [0.1, 0.15) is 17.2 Å². The molecule has 0 fully saturated rings. The van der Waals surface area contributed by atoms with E-state index in [1.54, 1.807) is 24.4 Å². The van der Waals surface area contributed by atoms with Crippen molar-refractivity contribution in [3.63, 3.8) is 0 Å². The van der Waals surface area contributed by atoms with Crippen molar-refractivity contribution in [3.05, 3.63) is 62.4 Å². The molecule has 1 N–H and O–H groups in total. The van der Waals surface area contributed by atoms with Crippen molar-refractivity contribution < 1.29 is 23.1 Å². The maximum Gasteiger partial charge on any atom is 0.325 e. The van der Waals surface area contributed by atoms with Crippen LogP contribution in [-0.4, -0.2) is 45.6 Å². The van der Waals surface area contributed by atoms with Gasteiger partial charge < -0.3 is 9.84 Å². The summed E-state index contributed by atoms with van der Waals surface area (Å²) in [6.45, 7) is -0.269. The summed E-state index contributed by atoms with van der Waals surface area (Å²) in [4.78, 5) is 15.3. The van der Waals surface area contributed by atoms with Crippen LogP contribution in [0.2, 0.25) is 10.0 Å². The minimum Gasteiger partial charge on any atom is -0.480 e. The highest BCUT2D eigenvalue weighted by atomic mass is 79.9. The Morgan fingerprint density at radius 2 is 1.97 bits per heavy atom. The van der Waals surface area contributed by atoms with E-state index in [-0.39, 0.29) is 17.3 Å². The Hall–Kier alpha value is -2.18. The first kappa shape index (κ1) is 24.9. The fraction of sp³-hybridized carbons (Fsp3) is 0.286. The molecule has 4 rings (SSSR count). The van der Waals surface area contributed by atoms with Gasteiger partial charge in [0.15, 0.2) is 0 Å². The number of hydrogen-bond acceptors (Lipinski definition) is 6. The molecule has 3 aromatic rings. The summed E-state index contributed by atoms with van der Waals surface area (Å²) in [6, 6.07) is 5.62. The molecule has 1 aliphatic carbocycles. The van der Waals surface area contributed by atoms with E-state index in [1.807, 2.05) is 0 Å². The summed E-state index contributed by atoms with van der Waals surface area (Å²) in [6.07, 6.45) is 4.71. The maximum atomic E-state index is 13.4. The fourth-order valence-electron chi connectivity index (χ4n) is 3.89. The van der Waals surface area contributed by atoms with Gasteiger partial charge in [-0.05, 0) is 59.5 Å². The van der Waals surface area contributed by atoms with Crippen molar-refractivity contribution in [2.75, 3.05) is 7.05 Å². The van der Waals surface area contributed by atoms with Crippen LogP contribution in [0.25, 0.3) is 0 Å². The first-order valence-corrected chi connectivity index (χ1v) is 13.1. The lowest BCUT2D eigenvalue weighted by atomic mass is 9.93. The first-order valence-electron chi connectivity index (χ1n) is 10.1. The predicted octanol–water partition coefficient (Wildman–Crippen LogP) is 4.92. The Morgan fingerprint density at radius 3 is 2.62 bits per heavy atom. The number of carbonyl (C=O) groups is 1. The van der Waals surface area contributed by atoms with Crippen molar-refractivity contribution in [2.45, 2.75) is 36.7 Å². The van der Waals surface area contributed by atoms with E-state index in [0.29, 0.717) is 45.1 Å².